The fourth-order valence-electron chi connectivity index (χ4n) is 2.37. The fourth-order valence-corrected chi connectivity index (χ4v) is 3.02. The first-order valence-electron chi connectivity index (χ1n) is 6.10. The Bertz CT molecular complexity index is 672. The topological polar surface area (TPSA) is 27.2 Å². The molecule has 0 atom stereocenters. The summed E-state index contributed by atoms with van der Waals surface area (Å²) in [5, 5.41) is 2.20. The van der Waals surface area contributed by atoms with E-state index in [2.05, 4.69) is 37.9 Å². The molecule has 0 amide bonds. The minimum Gasteiger partial charge on any atom is -0.329 e. The number of halogens is 2. The first kappa shape index (κ1) is 13.1. The predicted molar refractivity (Wildman–Crippen MR) is 80.2 cm³/mol. The van der Waals surface area contributed by atoms with Crippen LogP contribution in [0.15, 0.2) is 16.6 Å². The lowest BCUT2D eigenvalue weighted by atomic mass is 10.3. The second-order valence-electron chi connectivity index (χ2n) is 4.78. The standard InChI is InChI=1S/C12H14BrFN4S/c1-16-2-4-17(5-3-16)18-11-6-8(13)9(14)7-10(11)15-12(18)19/h6-7H,2-5H2,1H3,(H,15,19). The molecule has 2 heterocycles. The Morgan fingerprint density at radius 1 is 1.26 bits per heavy atom. The highest BCUT2D eigenvalue weighted by atomic mass is 79.9. The van der Waals surface area contributed by atoms with E-state index < -0.39 is 0 Å². The summed E-state index contributed by atoms with van der Waals surface area (Å²) in [5.41, 5.74) is 1.63. The Morgan fingerprint density at radius 2 is 1.95 bits per heavy atom. The minimum absolute atomic E-state index is 0.283. The van der Waals surface area contributed by atoms with E-state index in [0.717, 1.165) is 37.2 Å². The minimum atomic E-state index is -0.283. The Balaban J connectivity index is 2.10. The van der Waals surface area contributed by atoms with E-state index in [9.17, 15) is 4.39 Å². The average Bonchev–Trinajstić information content (AvgIpc) is 2.67. The third-order valence-corrected chi connectivity index (χ3v) is 4.35. The molecule has 0 radical (unpaired) electrons. The Hall–Kier alpha value is -0.920. The molecule has 1 fully saturated rings. The molecule has 1 aliphatic rings. The van der Waals surface area contributed by atoms with Gasteiger partial charge in [0.2, 0.25) is 0 Å². The van der Waals surface area contributed by atoms with Gasteiger partial charge in [-0.2, -0.15) is 0 Å². The van der Waals surface area contributed by atoms with E-state index in [0.29, 0.717) is 9.24 Å². The monoisotopic (exact) mass is 344 g/mol. The number of aromatic amines is 1. The van der Waals surface area contributed by atoms with E-state index >= 15 is 0 Å². The maximum atomic E-state index is 13.6. The lowest BCUT2D eigenvalue weighted by molar-refractivity contribution is 0.288. The van der Waals surface area contributed by atoms with Crippen LogP contribution in [0.4, 0.5) is 4.39 Å². The van der Waals surface area contributed by atoms with E-state index in [-0.39, 0.29) is 5.82 Å². The maximum Gasteiger partial charge on any atom is 0.197 e. The Labute approximate surface area is 123 Å². The van der Waals surface area contributed by atoms with Gasteiger partial charge in [-0.25, -0.2) is 9.07 Å². The second-order valence-corrected chi connectivity index (χ2v) is 6.02. The van der Waals surface area contributed by atoms with Crippen LogP contribution in [0.5, 0.6) is 0 Å². The smallest absolute Gasteiger partial charge is 0.197 e. The van der Waals surface area contributed by atoms with Gasteiger partial charge < -0.3 is 14.9 Å². The molecule has 19 heavy (non-hydrogen) atoms. The number of hydrogen-bond donors (Lipinski definition) is 1. The van der Waals surface area contributed by atoms with Crippen LogP contribution in [-0.4, -0.2) is 47.8 Å². The van der Waals surface area contributed by atoms with E-state index in [1.165, 1.54) is 6.07 Å². The highest BCUT2D eigenvalue weighted by Gasteiger charge is 2.18. The van der Waals surface area contributed by atoms with Crippen LogP contribution >= 0.6 is 28.1 Å². The zero-order chi connectivity index (χ0) is 13.6. The van der Waals surface area contributed by atoms with Crippen molar-refractivity contribution in [2.45, 2.75) is 0 Å². The first-order chi connectivity index (χ1) is 9.06. The number of benzene rings is 1. The van der Waals surface area contributed by atoms with Crippen molar-refractivity contribution < 1.29 is 4.39 Å². The van der Waals surface area contributed by atoms with Crippen LogP contribution in [-0.2, 0) is 0 Å². The number of H-pyrrole nitrogens is 1. The molecule has 7 heteroatoms. The first-order valence-corrected chi connectivity index (χ1v) is 7.30. The van der Waals surface area contributed by atoms with E-state index in [1.54, 1.807) is 6.07 Å². The molecule has 0 aliphatic carbocycles. The molecule has 102 valence electrons. The summed E-state index contributed by atoms with van der Waals surface area (Å²) in [7, 11) is 2.11. The van der Waals surface area contributed by atoms with Crippen molar-refractivity contribution in [3.8, 4) is 0 Å². The molecule has 0 bridgehead atoms. The zero-order valence-corrected chi connectivity index (χ0v) is 12.9. The number of rotatable bonds is 1. The average molecular weight is 345 g/mol. The van der Waals surface area contributed by atoms with Gasteiger partial charge in [-0.3, -0.25) is 0 Å². The molecule has 1 N–H and O–H groups in total. The predicted octanol–water partition coefficient (Wildman–Crippen LogP) is 2.48. The van der Waals surface area contributed by atoms with Crippen LogP contribution < -0.4 is 5.01 Å². The number of nitrogens with one attached hydrogen (secondary N) is 1. The highest BCUT2D eigenvalue weighted by Crippen LogP contribution is 2.23. The molecule has 0 unspecified atom stereocenters. The molecule has 0 spiro atoms. The number of nitrogens with zero attached hydrogens (tertiary/aromatic N) is 3. The summed E-state index contributed by atoms with van der Waals surface area (Å²) < 4.78 is 16.6. The zero-order valence-electron chi connectivity index (χ0n) is 10.5. The molecule has 1 saturated heterocycles. The molecule has 1 aromatic heterocycles. The van der Waals surface area contributed by atoms with Gasteiger partial charge in [0.1, 0.15) is 5.82 Å². The number of piperazine rings is 1. The van der Waals surface area contributed by atoms with E-state index in [4.69, 9.17) is 12.2 Å². The highest BCUT2D eigenvalue weighted by molar-refractivity contribution is 9.10. The van der Waals surface area contributed by atoms with Crippen molar-refractivity contribution in [1.82, 2.24) is 14.6 Å². The second kappa shape index (κ2) is 4.88. The van der Waals surface area contributed by atoms with Gasteiger partial charge in [0.05, 0.1) is 15.5 Å². The summed E-state index contributed by atoms with van der Waals surface area (Å²) >= 11 is 8.59. The van der Waals surface area contributed by atoms with Crippen molar-refractivity contribution in [1.29, 1.82) is 0 Å². The van der Waals surface area contributed by atoms with Crippen molar-refractivity contribution >= 4 is 39.2 Å². The largest absolute Gasteiger partial charge is 0.329 e. The van der Waals surface area contributed by atoms with Crippen molar-refractivity contribution in [3.05, 3.63) is 27.2 Å². The number of fused-ring (bicyclic) bond motifs is 1. The molecule has 1 aliphatic heterocycles. The molecule has 0 saturated carbocycles. The SMILES string of the molecule is CN1CCN(n2c(=S)[nH]c3cc(F)c(Br)cc32)CC1. The van der Waals surface area contributed by atoms with Gasteiger partial charge in [0, 0.05) is 32.2 Å². The van der Waals surface area contributed by atoms with Crippen molar-refractivity contribution in [2.75, 3.05) is 38.2 Å². The van der Waals surface area contributed by atoms with Crippen LogP contribution in [0, 0.1) is 10.6 Å². The number of hydrogen-bond acceptors (Lipinski definition) is 3. The normalized spacial score (nSPS) is 17.3. The van der Waals surface area contributed by atoms with Crippen LogP contribution in [0.25, 0.3) is 11.0 Å². The third kappa shape index (κ3) is 2.30. The van der Waals surface area contributed by atoms with Gasteiger partial charge in [-0.05, 0) is 41.3 Å². The molecule has 3 rings (SSSR count). The lowest BCUT2D eigenvalue weighted by Crippen LogP contribution is -2.49. The van der Waals surface area contributed by atoms with Gasteiger partial charge in [0.25, 0.3) is 0 Å². The Morgan fingerprint density at radius 3 is 2.63 bits per heavy atom. The molecule has 4 nitrogen and oxygen atoms in total. The van der Waals surface area contributed by atoms with Gasteiger partial charge in [-0.1, -0.05) is 0 Å². The summed E-state index contributed by atoms with van der Waals surface area (Å²) in [4.78, 5) is 5.35. The van der Waals surface area contributed by atoms with Crippen LogP contribution in [0.1, 0.15) is 0 Å². The van der Waals surface area contributed by atoms with Crippen LogP contribution in [0.3, 0.4) is 0 Å². The van der Waals surface area contributed by atoms with Crippen molar-refractivity contribution in [2.24, 2.45) is 0 Å². The number of likely N-dealkylation sites (N-methyl/N-ethyl adjacent to an activating group) is 1. The molecular weight excluding hydrogens is 331 g/mol. The quantitative estimate of drug-likeness (QED) is 0.805. The van der Waals surface area contributed by atoms with Crippen LogP contribution in [0.2, 0.25) is 0 Å². The molecule has 2 aromatic rings. The van der Waals surface area contributed by atoms with Crippen molar-refractivity contribution in [3.63, 3.8) is 0 Å². The summed E-state index contributed by atoms with van der Waals surface area (Å²) in [6.45, 7) is 3.81. The third-order valence-electron chi connectivity index (χ3n) is 3.46. The number of aromatic nitrogens is 2. The summed E-state index contributed by atoms with van der Waals surface area (Å²) in [6.07, 6.45) is 0. The summed E-state index contributed by atoms with van der Waals surface area (Å²) in [5.74, 6) is -0.283. The lowest BCUT2D eigenvalue weighted by Gasteiger charge is -2.34. The molecular formula is C12H14BrFN4S. The van der Waals surface area contributed by atoms with E-state index in [1.807, 2.05) is 4.68 Å². The van der Waals surface area contributed by atoms with Gasteiger partial charge >= 0.3 is 0 Å². The van der Waals surface area contributed by atoms with Gasteiger partial charge in [0.15, 0.2) is 4.77 Å². The summed E-state index contributed by atoms with van der Waals surface area (Å²) in [6, 6.07) is 3.25. The number of imidazole rings is 1. The Kier molecular flexibility index (Phi) is 3.36. The fraction of sp³-hybridized carbons (Fsp3) is 0.417. The molecule has 1 aromatic carbocycles. The maximum absolute atomic E-state index is 13.6. The van der Waals surface area contributed by atoms with Gasteiger partial charge in [-0.15, -0.1) is 0 Å².